The normalized spacial score (nSPS) is 11.3. The molecule has 0 aromatic heterocycles. The zero-order valence-electron chi connectivity index (χ0n) is 13.2. The van der Waals surface area contributed by atoms with Crippen molar-refractivity contribution in [1.29, 1.82) is 0 Å². The van der Waals surface area contributed by atoms with Crippen molar-refractivity contribution < 1.29 is 0 Å². The molecule has 24 heavy (non-hydrogen) atoms. The maximum atomic E-state index is 2.32. The predicted octanol–water partition coefficient (Wildman–Crippen LogP) is 6.81. The second-order valence-corrected chi connectivity index (χ2v) is 6.25. The molecular weight excluding hydrogens is 288 g/mol. The van der Waals surface area contributed by atoms with Gasteiger partial charge in [-0.2, -0.15) is 0 Å². The summed E-state index contributed by atoms with van der Waals surface area (Å²) in [5, 5.41) is 7.78. The minimum Gasteiger partial charge on any atom is -0.0616 e. The summed E-state index contributed by atoms with van der Waals surface area (Å²) in [6, 6.07) is 35.0. The predicted molar refractivity (Wildman–Crippen MR) is 104 cm³/mol. The maximum Gasteiger partial charge on any atom is -0.00988 e. The van der Waals surface area contributed by atoms with Crippen LogP contribution in [-0.4, -0.2) is 0 Å². The van der Waals surface area contributed by atoms with E-state index in [4.69, 9.17) is 0 Å². The van der Waals surface area contributed by atoms with Gasteiger partial charge in [0.05, 0.1) is 0 Å². The van der Waals surface area contributed by atoms with Gasteiger partial charge in [0.15, 0.2) is 0 Å². The number of fused-ring (bicyclic) bond motifs is 3. The van der Waals surface area contributed by atoms with E-state index in [-0.39, 0.29) is 0 Å². The van der Waals surface area contributed by atoms with E-state index in [1.807, 2.05) is 0 Å². The van der Waals surface area contributed by atoms with Crippen LogP contribution in [-0.2, 0) is 0 Å². The van der Waals surface area contributed by atoms with E-state index in [0.29, 0.717) is 0 Å². The van der Waals surface area contributed by atoms with E-state index < -0.39 is 0 Å². The zero-order valence-corrected chi connectivity index (χ0v) is 13.2. The van der Waals surface area contributed by atoms with Crippen molar-refractivity contribution in [2.24, 2.45) is 0 Å². The fourth-order valence-electron chi connectivity index (χ4n) is 3.66. The molecule has 5 aromatic carbocycles. The van der Waals surface area contributed by atoms with Gasteiger partial charge in [0, 0.05) is 0 Å². The molecule has 0 bridgehead atoms. The van der Waals surface area contributed by atoms with Gasteiger partial charge in [-0.25, -0.2) is 0 Å². The number of hydrogen-bond acceptors (Lipinski definition) is 0. The molecular formula is C24H16. The number of benzene rings is 5. The Morgan fingerprint density at radius 2 is 0.875 bits per heavy atom. The monoisotopic (exact) mass is 304 g/mol. The SMILES string of the molecule is c1ccc2cc3c(-c4cccc5ccccc45)cccc3cc2c1. The summed E-state index contributed by atoms with van der Waals surface area (Å²) in [5.41, 5.74) is 2.60. The van der Waals surface area contributed by atoms with Gasteiger partial charge in [0.25, 0.3) is 0 Å². The molecule has 0 N–H and O–H groups in total. The van der Waals surface area contributed by atoms with Crippen LogP contribution in [0.5, 0.6) is 0 Å². The van der Waals surface area contributed by atoms with E-state index in [9.17, 15) is 0 Å². The molecule has 112 valence electrons. The first kappa shape index (κ1) is 13.3. The highest BCUT2D eigenvalue weighted by Crippen LogP contribution is 2.35. The van der Waals surface area contributed by atoms with E-state index in [0.717, 1.165) is 0 Å². The Bertz CT molecular complexity index is 1190. The van der Waals surface area contributed by atoms with Crippen LogP contribution in [0, 0.1) is 0 Å². The van der Waals surface area contributed by atoms with Crippen LogP contribution in [0.4, 0.5) is 0 Å². The number of rotatable bonds is 1. The lowest BCUT2D eigenvalue weighted by Gasteiger charge is -2.11. The third kappa shape index (κ3) is 2.00. The van der Waals surface area contributed by atoms with Crippen molar-refractivity contribution in [2.45, 2.75) is 0 Å². The van der Waals surface area contributed by atoms with Gasteiger partial charge in [-0.1, -0.05) is 84.9 Å². The Balaban J connectivity index is 1.90. The summed E-state index contributed by atoms with van der Waals surface area (Å²) >= 11 is 0. The van der Waals surface area contributed by atoms with Crippen molar-refractivity contribution in [3.63, 3.8) is 0 Å². The quantitative estimate of drug-likeness (QED) is 0.298. The van der Waals surface area contributed by atoms with Crippen LogP contribution in [0.2, 0.25) is 0 Å². The largest absolute Gasteiger partial charge is 0.0616 e. The molecule has 0 nitrogen and oxygen atoms in total. The van der Waals surface area contributed by atoms with Crippen LogP contribution < -0.4 is 0 Å². The molecule has 0 heterocycles. The third-order valence-corrected chi connectivity index (χ3v) is 4.83. The van der Waals surface area contributed by atoms with E-state index in [2.05, 4.69) is 97.1 Å². The Labute approximate surface area is 141 Å². The average molecular weight is 304 g/mol. The van der Waals surface area contributed by atoms with E-state index in [1.54, 1.807) is 0 Å². The second-order valence-electron chi connectivity index (χ2n) is 6.25. The summed E-state index contributed by atoms with van der Waals surface area (Å²) in [4.78, 5) is 0. The van der Waals surface area contributed by atoms with Gasteiger partial charge in [-0.3, -0.25) is 0 Å². The van der Waals surface area contributed by atoms with Crippen LogP contribution in [0.25, 0.3) is 43.4 Å². The van der Waals surface area contributed by atoms with Crippen LogP contribution in [0.3, 0.4) is 0 Å². The molecule has 0 atom stereocenters. The topological polar surface area (TPSA) is 0 Å². The molecule has 0 amide bonds. The first-order chi connectivity index (χ1) is 11.9. The van der Waals surface area contributed by atoms with Gasteiger partial charge < -0.3 is 0 Å². The molecule has 0 saturated carbocycles. The highest BCUT2D eigenvalue weighted by molar-refractivity contribution is 6.09. The van der Waals surface area contributed by atoms with Gasteiger partial charge in [0.1, 0.15) is 0 Å². The average Bonchev–Trinajstić information content (AvgIpc) is 2.65. The minimum absolute atomic E-state index is 1.28. The summed E-state index contributed by atoms with van der Waals surface area (Å²) in [6.07, 6.45) is 0. The molecule has 0 heteroatoms. The zero-order chi connectivity index (χ0) is 15.9. The summed E-state index contributed by atoms with van der Waals surface area (Å²) < 4.78 is 0. The smallest absolute Gasteiger partial charge is 0.00988 e. The molecule has 0 aliphatic rings. The van der Waals surface area contributed by atoms with Gasteiger partial charge in [0.2, 0.25) is 0 Å². The van der Waals surface area contributed by atoms with Crippen molar-refractivity contribution in [3.8, 4) is 11.1 Å². The Hall–Kier alpha value is -3.12. The molecule has 0 radical (unpaired) electrons. The van der Waals surface area contributed by atoms with Crippen LogP contribution >= 0.6 is 0 Å². The van der Waals surface area contributed by atoms with Crippen molar-refractivity contribution in [1.82, 2.24) is 0 Å². The highest BCUT2D eigenvalue weighted by atomic mass is 14.1. The first-order valence-electron chi connectivity index (χ1n) is 8.30. The van der Waals surface area contributed by atoms with E-state index >= 15 is 0 Å². The van der Waals surface area contributed by atoms with Crippen LogP contribution in [0.15, 0.2) is 97.1 Å². The lowest BCUT2D eigenvalue weighted by molar-refractivity contribution is 1.69. The van der Waals surface area contributed by atoms with Crippen molar-refractivity contribution in [2.75, 3.05) is 0 Å². The Kier molecular flexibility index (Phi) is 2.89. The fourth-order valence-corrected chi connectivity index (χ4v) is 3.66. The van der Waals surface area contributed by atoms with Crippen molar-refractivity contribution in [3.05, 3.63) is 97.1 Å². The van der Waals surface area contributed by atoms with Gasteiger partial charge in [-0.15, -0.1) is 0 Å². The van der Waals surface area contributed by atoms with Gasteiger partial charge >= 0.3 is 0 Å². The molecule has 0 spiro atoms. The fraction of sp³-hybridized carbons (Fsp3) is 0. The van der Waals surface area contributed by atoms with E-state index in [1.165, 1.54) is 43.4 Å². The summed E-state index contributed by atoms with van der Waals surface area (Å²) in [5.74, 6) is 0. The van der Waals surface area contributed by atoms with Crippen molar-refractivity contribution >= 4 is 32.3 Å². The Morgan fingerprint density at radius 3 is 1.67 bits per heavy atom. The third-order valence-electron chi connectivity index (χ3n) is 4.83. The second kappa shape index (κ2) is 5.21. The molecule has 0 unspecified atom stereocenters. The molecule has 0 fully saturated rings. The maximum absolute atomic E-state index is 2.32. The lowest BCUT2D eigenvalue weighted by atomic mass is 9.92. The van der Waals surface area contributed by atoms with Crippen LogP contribution in [0.1, 0.15) is 0 Å². The summed E-state index contributed by atoms with van der Waals surface area (Å²) in [6.45, 7) is 0. The first-order valence-corrected chi connectivity index (χ1v) is 8.30. The molecule has 0 saturated heterocycles. The standard InChI is InChI=1S/C24H16/c1-2-9-19-16-24-20(15-18(19)8-1)11-6-14-23(24)22-13-5-10-17-7-3-4-12-21(17)22/h1-16H. The lowest BCUT2D eigenvalue weighted by Crippen LogP contribution is -1.84. The highest BCUT2D eigenvalue weighted by Gasteiger charge is 2.08. The number of hydrogen-bond donors (Lipinski definition) is 0. The Morgan fingerprint density at radius 1 is 0.333 bits per heavy atom. The minimum atomic E-state index is 1.28. The molecule has 5 aromatic rings. The molecule has 0 aliphatic heterocycles. The summed E-state index contributed by atoms with van der Waals surface area (Å²) in [7, 11) is 0. The van der Waals surface area contributed by atoms with Gasteiger partial charge in [-0.05, 0) is 55.6 Å². The molecule has 5 rings (SSSR count). The molecule has 0 aliphatic carbocycles.